The number of pyridine rings is 1. The van der Waals surface area contributed by atoms with E-state index < -0.39 is 5.41 Å². The Labute approximate surface area is 143 Å². The number of hydrogen-bond acceptors (Lipinski definition) is 4. The van der Waals surface area contributed by atoms with Crippen molar-refractivity contribution in [3.63, 3.8) is 0 Å². The van der Waals surface area contributed by atoms with Gasteiger partial charge in [-0.2, -0.15) is 0 Å². The fourth-order valence-electron chi connectivity index (χ4n) is 2.40. The van der Waals surface area contributed by atoms with Gasteiger partial charge in [0.2, 0.25) is 5.91 Å². The summed E-state index contributed by atoms with van der Waals surface area (Å²) in [7, 11) is 0. The van der Waals surface area contributed by atoms with E-state index in [4.69, 9.17) is 10.5 Å². The molecule has 130 valence electrons. The fraction of sp³-hybridized carbons (Fsp3) is 0.474. The van der Waals surface area contributed by atoms with Crippen molar-refractivity contribution >= 4 is 22.5 Å². The first-order valence-electron chi connectivity index (χ1n) is 8.27. The Morgan fingerprint density at radius 2 is 2.08 bits per heavy atom. The van der Waals surface area contributed by atoms with Crippen molar-refractivity contribution in [3.05, 3.63) is 30.0 Å². The maximum Gasteiger partial charge on any atom is 0.229 e. The molecule has 3 N–H and O–H groups in total. The third kappa shape index (κ3) is 4.16. The number of nitrogens with two attached hydrogens (primary N) is 1. The van der Waals surface area contributed by atoms with Gasteiger partial charge in [0.1, 0.15) is 12.4 Å². The topological polar surface area (TPSA) is 77.2 Å². The number of nitrogens with one attached hydrogen (secondary N) is 1. The minimum Gasteiger partial charge on any atom is -0.492 e. The number of aromatic nitrogens is 1. The smallest absolute Gasteiger partial charge is 0.229 e. The Morgan fingerprint density at radius 1 is 1.38 bits per heavy atom. The minimum absolute atomic E-state index is 0.0154. The van der Waals surface area contributed by atoms with Crippen molar-refractivity contribution in [1.29, 1.82) is 0 Å². The summed E-state index contributed by atoms with van der Waals surface area (Å²) in [6.07, 6.45) is 0. The van der Waals surface area contributed by atoms with Gasteiger partial charge in [-0.3, -0.25) is 9.78 Å². The third-order valence-corrected chi connectivity index (χ3v) is 3.83. The number of fused-ring (bicyclic) bond motifs is 1. The van der Waals surface area contributed by atoms with Crippen molar-refractivity contribution in [3.8, 4) is 5.75 Å². The zero-order valence-electron chi connectivity index (χ0n) is 15.1. The zero-order chi connectivity index (χ0) is 17.9. The van der Waals surface area contributed by atoms with E-state index in [1.807, 2.05) is 45.0 Å². The summed E-state index contributed by atoms with van der Waals surface area (Å²) in [4.78, 5) is 16.8. The molecule has 0 saturated heterocycles. The summed E-state index contributed by atoms with van der Waals surface area (Å²) in [6.45, 7) is 10.7. The number of nitrogens with zero attached hydrogens (tertiary/aromatic N) is 1. The molecule has 0 aliphatic carbocycles. The van der Waals surface area contributed by atoms with Crippen LogP contribution < -0.4 is 15.8 Å². The number of ether oxygens (including phenoxy) is 1. The zero-order valence-corrected chi connectivity index (χ0v) is 15.1. The highest BCUT2D eigenvalue weighted by atomic mass is 16.5. The molecule has 0 bridgehead atoms. The molecule has 0 saturated carbocycles. The first-order chi connectivity index (χ1) is 11.2. The van der Waals surface area contributed by atoms with Crippen LogP contribution in [0.25, 0.3) is 10.9 Å². The van der Waals surface area contributed by atoms with Crippen LogP contribution in [0.4, 0.5) is 5.69 Å². The highest BCUT2D eigenvalue weighted by Gasteiger charge is 2.29. The molecule has 24 heavy (non-hydrogen) atoms. The molecule has 0 atom stereocenters. The largest absolute Gasteiger partial charge is 0.492 e. The molecule has 5 heteroatoms. The van der Waals surface area contributed by atoms with Crippen LogP contribution in [0.2, 0.25) is 0 Å². The quantitative estimate of drug-likeness (QED) is 0.852. The highest BCUT2D eigenvalue weighted by Crippen LogP contribution is 2.31. The van der Waals surface area contributed by atoms with E-state index in [1.165, 1.54) is 0 Å². The number of carbonyl (C=O) groups is 1. The van der Waals surface area contributed by atoms with E-state index in [-0.39, 0.29) is 12.5 Å². The molecule has 0 radical (unpaired) electrons. The molecule has 0 spiro atoms. The predicted octanol–water partition coefficient (Wildman–Crippen LogP) is 3.30. The van der Waals surface area contributed by atoms with Crippen LogP contribution >= 0.6 is 0 Å². The van der Waals surface area contributed by atoms with E-state index in [1.54, 1.807) is 0 Å². The Balaban J connectivity index is 2.17. The van der Waals surface area contributed by atoms with E-state index in [9.17, 15) is 4.79 Å². The van der Waals surface area contributed by atoms with Gasteiger partial charge in [-0.1, -0.05) is 19.9 Å². The van der Waals surface area contributed by atoms with E-state index >= 15 is 0 Å². The predicted molar refractivity (Wildman–Crippen MR) is 98.0 cm³/mol. The lowest BCUT2D eigenvalue weighted by Crippen LogP contribution is -2.42. The number of benzene rings is 1. The molecule has 5 nitrogen and oxygen atoms in total. The molecular weight excluding hydrogens is 302 g/mol. The lowest BCUT2D eigenvalue weighted by Gasteiger charge is -2.25. The second-order valence-corrected chi connectivity index (χ2v) is 7.28. The van der Waals surface area contributed by atoms with Gasteiger partial charge in [0.05, 0.1) is 16.3 Å². The Morgan fingerprint density at radius 3 is 2.75 bits per heavy atom. The van der Waals surface area contributed by atoms with Crippen LogP contribution in [-0.2, 0) is 4.79 Å². The Kier molecular flexibility index (Phi) is 5.32. The molecular formula is C19H27N3O2. The SMILES string of the molecule is Cc1cc(N)c2c(OCC(C)(C)C(=O)NCC(C)C)cccc2n1. The minimum atomic E-state index is -0.635. The van der Waals surface area contributed by atoms with E-state index in [0.29, 0.717) is 23.9 Å². The van der Waals surface area contributed by atoms with Crippen LogP contribution in [0.1, 0.15) is 33.4 Å². The number of nitrogen functional groups attached to an aromatic ring is 1. The van der Waals surface area contributed by atoms with Crippen LogP contribution in [0.5, 0.6) is 5.75 Å². The highest BCUT2D eigenvalue weighted by molar-refractivity contribution is 5.95. The summed E-state index contributed by atoms with van der Waals surface area (Å²) in [5.41, 5.74) is 7.80. The third-order valence-electron chi connectivity index (χ3n) is 3.83. The molecule has 1 aromatic carbocycles. The van der Waals surface area contributed by atoms with Crippen molar-refractivity contribution in [2.24, 2.45) is 11.3 Å². The first-order valence-corrected chi connectivity index (χ1v) is 8.27. The summed E-state index contributed by atoms with van der Waals surface area (Å²) in [5.74, 6) is 1.05. The van der Waals surface area contributed by atoms with Gasteiger partial charge in [-0.25, -0.2) is 0 Å². The van der Waals surface area contributed by atoms with Gasteiger partial charge in [-0.05, 0) is 44.9 Å². The Hall–Kier alpha value is -2.30. The molecule has 0 aliphatic heterocycles. The van der Waals surface area contributed by atoms with Gasteiger partial charge in [0.25, 0.3) is 0 Å². The second-order valence-electron chi connectivity index (χ2n) is 7.28. The summed E-state index contributed by atoms with van der Waals surface area (Å²) in [5, 5.41) is 3.75. The molecule has 1 aromatic heterocycles. The standard InChI is InChI=1S/C19H27N3O2/c1-12(2)10-21-18(23)19(4,5)11-24-16-8-6-7-15-17(16)14(20)9-13(3)22-15/h6-9,12H,10-11H2,1-5H3,(H2,20,22)(H,21,23). The average Bonchev–Trinajstić information content (AvgIpc) is 2.49. The number of aryl methyl sites for hydroxylation is 1. The van der Waals surface area contributed by atoms with Gasteiger partial charge in [0.15, 0.2) is 0 Å². The van der Waals surface area contributed by atoms with Crippen LogP contribution in [0.3, 0.4) is 0 Å². The number of carbonyl (C=O) groups excluding carboxylic acids is 1. The first kappa shape index (κ1) is 18.0. The number of hydrogen-bond donors (Lipinski definition) is 2. The van der Waals surface area contributed by atoms with Gasteiger partial charge in [0, 0.05) is 17.9 Å². The lowest BCUT2D eigenvalue weighted by atomic mass is 9.93. The maximum atomic E-state index is 12.3. The normalized spacial score (nSPS) is 11.8. The van der Waals surface area contributed by atoms with E-state index in [2.05, 4.69) is 24.1 Å². The summed E-state index contributed by atoms with van der Waals surface area (Å²) < 4.78 is 5.95. The van der Waals surface area contributed by atoms with Gasteiger partial charge in [-0.15, -0.1) is 0 Å². The van der Waals surface area contributed by atoms with Crippen molar-refractivity contribution in [1.82, 2.24) is 10.3 Å². The molecule has 0 unspecified atom stereocenters. The number of rotatable bonds is 6. The van der Waals surface area contributed by atoms with Gasteiger partial charge < -0.3 is 15.8 Å². The fourth-order valence-corrected chi connectivity index (χ4v) is 2.40. The van der Waals surface area contributed by atoms with Crippen LogP contribution in [0.15, 0.2) is 24.3 Å². The molecule has 1 heterocycles. The van der Waals surface area contributed by atoms with Gasteiger partial charge >= 0.3 is 0 Å². The molecule has 2 rings (SSSR count). The van der Waals surface area contributed by atoms with Crippen LogP contribution in [0, 0.1) is 18.3 Å². The van der Waals surface area contributed by atoms with Crippen molar-refractivity contribution in [2.75, 3.05) is 18.9 Å². The maximum absolute atomic E-state index is 12.3. The summed E-state index contributed by atoms with van der Waals surface area (Å²) in [6, 6.07) is 7.48. The van der Waals surface area contributed by atoms with E-state index in [0.717, 1.165) is 16.6 Å². The number of amides is 1. The van der Waals surface area contributed by atoms with Crippen LogP contribution in [-0.4, -0.2) is 24.0 Å². The van der Waals surface area contributed by atoms with Crippen molar-refractivity contribution < 1.29 is 9.53 Å². The monoisotopic (exact) mass is 329 g/mol. The average molecular weight is 329 g/mol. The lowest BCUT2D eigenvalue weighted by molar-refractivity contribution is -0.130. The Bertz CT molecular complexity index is 739. The molecule has 0 fully saturated rings. The molecule has 1 amide bonds. The number of anilines is 1. The molecule has 2 aromatic rings. The van der Waals surface area contributed by atoms with Crippen molar-refractivity contribution in [2.45, 2.75) is 34.6 Å². The molecule has 0 aliphatic rings. The summed E-state index contributed by atoms with van der Waals surface area (Å²) >= 11 is 0. The second kappa shape index (κ2) is 7.07.